The van der Waals surface area contributed by atoms with Gasteiger partial charge in [-0.1, -0.05) is 54.7 Å². The Labute approximate surface area is 201 Å². The van der Waals surface area contributed by atoms with E-state index in [-0.39, 0.29) is 5.76 Å². The summed E-state index contributed by atoms with van der Waals surface area (Å²) in [5.41, 5.74) is 7.11. The number of benzene rings is 3. The van der Waals surface area contributed by atoms with Crippen LogP contribution in [-0.2, 0) is 16.1 Å². The van der Waals surface area contributed by atoms with Crippen LogP contribution in [0.2, 0.25) is 0 Å². The second-order valence-corrected chi connectivity index (χ2v) is 8.29. The molecule has 3 N–H and O–H groups in total. The van der Waals surface area contributed by atoms with E-state index in [0.717, 1.165) is 38.4 Å². The minimum absolute atomic E-state index is 0.0503. The lowest BCUT2D eigenvalue weighted by atomic mass is 10.1. The third-order valence-electron chi connectivity index (χ3n) is 4.41. The van der Waals surface area contributed by atoms with Crippen molar-refractivity contribution in [1.29, 1.82) is 0 Å². The van der Waals surface area contributed by atoms with Crippen LogP contribution in [0, 0.1) is 0 Å². The molecule has 3 aromatic carbocycles. The minimum atomic E-state index is 0.0503. The first-order valence-electron chi connectivity index (χ1n) is 9.70. The molecular weight excluding hydrogens is 490 g/mol. The van der Waals surface area contributed by atoms with Crippen LogP contribution in [0.15, 0.2) is 70.6 Å². The van der Waals surface area contributed by atoms with Gasteiger partial charge in [-0.15, -0.1) is 0 Å². The number of thioether (sulfide) groups is 1. The smallest absolute Gasteiger partial charge is 0.156 e. The minimum Gasteiger partial charge on any atom is -0.508 e. The maximum absolute atomic E-state index is 11.3. The normalized spacial score (nSPS) is 10.9. The van der Waals surface area contributed by atoms with Crippen molar-refractivity contribution < 1.29 is 19.4 Å². The van der Waals surface area contributed by atoms with Crippen molar-refractivity contribution in [3.05, 3.63) is 87.2 Å². The van der Waals surface area contributed by atoms with E-state index in [4.69, 9.17) is 9.47 Å². The van der Waals surface area contributed by atoms with Gasteiger partial charge in [-0.05, 0) is 69.2 Å². The Hall–Kier alpha value is -2.58. The molecule has 0 spiro atoms. The van der Waals surface area contributed by atoms with Gasteiger partial charge in [0.1, 0.15) is 18.1 Å². The van der Waals surface area contributed by atoms with E-state index in [2.05, 4.69) is 28.2 Å². The number of hydrogen-bond donors (Lipinski definition) is 2. The number of halogens is 1. The van der Waals surface area contributed by atoms with Gasteiger partial charge in [0.15, 0.2) is 6.29 Å². The number of ether oxygens (including phenoxy) is 2. The standard InChI is InChI=1S/C24H21BrO4S.CH5N/c1-16(27)18-5-3-17(4-6-18)14-29-21-9-10-23-19(11-21)7-8-20(24(23)25)12-22(13-26)30-15-28-2;1-2/h3-13,27H,1,14-15H2,2H3;2H2,1H3/b22-12-;. The summed E-state index contributed by atoms with van der Waals surface area (Å²) >= 11 is 5.01. The number of carbonyl (C=O) groups is 1. The van der Waals surface area contributed by atoms with Crippen molar-refractivity contribution in [2.24, 2.45) is 5.73 Å². The topological polar surface area (TPSA) is 81.8 Å². The Balaban J connectivity index is 0.00000176. The Morgan fingerprint density at radius 2 is 1.88 bits per heavy atom. The highest BCUT2D eigenvalue weighted by Crippen LogP contribution is 2.32. The molecule has 0 amide bonds. The van der Waals surface area contributed by atoms with Gasteiger partial charge in [-0.25, -0.2) is 0 Å². The van der Waals surface area contributed by atoms with Crippen molar-refractivity contribution in [2.45, 2.75) is 6.61 Å². The van der Waals surface area contributed by atoms with Crippen molar-refractivity contribution >= 4 is 56.6 Å². The molecule has 5 nitrogen and oxygen atoms in total. The van der Waals surface area contributed by atoms with Crippen LogP contribution in [0.5, 0.6) is 5.75 Å². The number of nitrogens with two attached hydrogens (primary N) is 1. The molecule has 0 unspecified atom stereocenters. The molecule has 3 aromatic rings. The van der Waals surface area contributed by atoms with E-state index in [9.17, 15) is 9.90 Å². The molecule has 168 valence electrons. The summed E-state index contributed by atoms with van der Waals surface area (Å²) in [6, 6.07) is 17.3. The molecule has 3 rings (SSSR count). The average Bonchev–Trinajstić information content (AvgIpc) is 2.83. The van der Waals surface area contributed by atoms with E-state index in [1.165, 1.54) is 18.8 Å². The van der Waals surface area contributed by atoms with Crippen molar-refractivity contribution in [3.8, 4) is 5.75 Å². The Bertz CT molecular complexity index is 1100. The van der Waals surface area contributed by atoms with Crippen molar-refractivity contribution in [2.75, 3.05) is 20.1 Å². The molecule has 0 atom stereocenters. The highest BCUT2D eigenvalue weighted by molar-refractivity contribution is 9.10. The van der Waals surface area contributed by atoms with Crippen LogP contribution < -0.4 is 10.5 Å². The van der Waals surface area contributed by atoms with Crippen LogP contribution in [0.1, 0.15) is 16.7 Å². The summed E-state index contributed by atoms with van der Waals surface area (Å²) in [7, 11) is 3.10. The number of hydrogen-bond acceptors (Lipinski definition) is 6. The number of aliphatic hydroxyl groups is 1. The predicted octanol–water partition coefficient (Wildman–Crippen LogP) is 6.16. The number of carbonyl (C=O) groups excluding carboxylic acids is 1. The Morgan fingerprint density at radius 1 is 1.16 bits per heavy atom. The van der Waals surface area contributed by atoms with Crippen LogP contribution in [0.3, 0.4) is 0 Å². The fourth-order valence-corrected chi connectivity index (χ4v) is 3.98. The quantitative estimate of drug-likeness (QED) is 0.153. The molecule has 0 radical (unpaired) electrons. The van der Waals surface area contributed by atoms with Crippen LogP contribution >= 0.6 is 27.7 Å². The highest BCUT2D eigenvalue weighted by Gasteiger charge is 2.07. The molecular formula is C25H26BrNO4S. The molecule has 32 heavy (non-hydrogen) atoms. The number of rotatable bonds is 9. The van der Waals surface area contributed by atoms with Gasteiger partial charge in [-0.3, -0.25) is 4.79 Å². The molecule has 0 saturated carbocycles. The van der Waals surface area contributed by atoms with E-state index < -0.39 is 0 Å². The van der Waals surface area contributed by atoms with E-state index >= 15 is 0 Å². The summed E-state index contributed by atoms with van der Waals surface area (Å²) in [6.07, 6.45) is 2.68. The zero-order valence-corrected chi connectivity index (χ0v) is 20.4. The number of methoxy groups -OCH3 is 1. The highest BCUT2D eigenvalue weighted by atomic mass is 79.9. The molecule has 0 aliphatic carbocycles. The lowest BCUT2D eigenvalue weighted by Gasteiger charge is -2.10. The molecule has 0 bridgehead atoms. The third-order valence-corrected chi connectivity index (χ3v) is 6.19. The number of aldehydes is 1. The summed E-state index contributed by atoms with van der Waals surface area (Å²) in [6.45, 7) is 3.94. The van der Waals surface area contributed by atoms with Crippen molar-refractivity contribution in [1.82, 2.24) is 0 Å². The molecule has 0 saturated heterocycles. The summed E-state index contributed by atoms with van der Waals surface area (Å²) in [4.78, 5) is 11.9. The summed E-state index contributed by atoms with van der Waals surface area (Å²) in [5, 5.41) is 11.5. The third kappa shape index (κ3) is 6.97. The summed E-state index contributed by atoms with van der Waals surface area (Å²) in [5.74, 6) is 1.24. The van der Waals surface area contributed by atoms with Crippen LogP contribution in [-0.4, -0.2) is 31.5 Å². The van der Waals surface area contributed by atoms with Gasteiger partial charge in [0.05, 0.1) is 5.94 Å². The van der Waals surface area contributed by atoms with Crippen LogP contribution in [0.4, 0.5) is 0 Å². The second kappa shape index (κ2) is 13.1. The van der Waals surface area contributed by atoms with Gasteiger partial charge in [0.2, 0.25) is 0 Å². The zero-order valence-electron chi connectivity index (χ0n) is 18.0. The molecule has 0 aromatic heterocycles. The first-order chi connectivity index (χ1) is 15.5. The molecule has 7 heteroatoms. The maximum Gasteiger partial charge on any atom is 0.156 e. The van der Waals surface area contributed by atoms with Crippen LogP contribution in [0.25, 0.3) is 22.6 Å². The SMILES string of the molecule is C=C(O)c1ccc(COc2ccc3c(Br)c(/C=C(/C=O)SCOC)ccc3c2)cc1.CN. The average molecular weight is 516 g/mol. The fourth-order valence-electron chi connectivity index (χ4n) is 2.84. The van der Waals surface area contributed by atoms with Gasteiger partial charge >= 0.3 is 0 Å². The van der Waals surface area contributed by atoms with Crippen molar-refractivity contribution in [3.63, 3.8) is 0 Å². The summed E-state index contributed by atoms with van der Waals surface area (Å²) < 4.78 is 11.9. The van der Waals surface area contributed by atoms with Gasteiger partial charge < -0.3 is 20.3 Å². The monoisotopic (exact) mass is 515 g/mol. The number of aliphatic hydroxyl groups excluding tert-OH is 1. The molecule has 0 fully saturated rings. The lowest BCUT2D eigenvalue weighted by molar-refractivity contribution is -0.104. The van der Waals surface area contributed by atoms with Gasteiger partial charge in [0.25, 0.3) is 0 Å². The maximum atomic E-state index is 11.3. The molecule has 0 heterocycles. The first-order valence-corrected chi connectivity index (χ1v) is 11.5. The van der Waals surface area contributed by atoms with E-state index in [0.29, 0.717) is 23.0 Å². The van der Waals surface area contributed by atoms with E-state index in [1.54, 1.807) is 7.11 Å². The van der Waals surface area contributed by atoms with Gasteiger partial charge in [-0.2, -0.15) is 0 Å². The number of fused-ring (bicyclic) bond motifs is 1. The lowest BCUT2D eigenvalue weighted by Crippen LogP contribution is -1.96. The molecule has 0 aliphatic heterocycles. The molecule has 0 aliphatic rings. The first kappa shape index (κ1) is 25.7. The Kier molecular flexibility index (Phi) is 10.5. The number of allylic oxidation sites excluding steroid dienone is 1. The Morgan fingerprint density at radius 3 is 2.50 bits per heavy atom. The zero-order chi connectivity index (χ0) is 23.5. The second-order valence-electron chi connectivity index (χ2n) is 6.50. The largest absolute Gasteiger partial charge is 0.508 e. The van der Waals surface area contributed by atoms with Gasteiger partial charge in [0, 0.05) is 22.1 Å². The predicted molar refractivity (Wildman–Crippen MR) is 138 cm³/mol. The van der Waals surface area contributed by atoms with E-state index in [1.807, 2.05) is 60.7 Å². The fraction of sp³-hybridized carbons (Fsp3) is 0.160.